The third kappa shape index (κ3) is 2.52. The Labute approximate surface area is 119 Å². The number of sulfone groups is 1. The maximum absolute atomic E-state index is 12.3. The number of carbonyl (C=O) groups excluding carboxylic acids is 1. The fraction of sp³-hybridized carbons (Fsp3) is 0.917. The first kappa shape index (κ1) is 15.1. The van der Waals surface area contributed by atoms with Crippen LogP contribution in [0.15, 0.2) is 0 Å². The molecule has 0 aromatic rings. The van der Waals surface area contributed by atoms with Crippen LogP contribution in [-0.4, -0.2) is 68.0 Å². The SMILES string of the molecule is CCOC[C@H]1CCS(=O)(=O)C12CN(C(=O)CSC)C2. The Bertz CT molecular complexity index is 443. The zero-order valence-electron chi connectivity index (χ0n) is 11.4. The minimum absolute atomic E-state index is 0.0374. The highest BCUT2D eigenvalue weighted by molar-refractivity contribution is 7.99. The van der Waals surface area contributed by atoms with Gasteiger partial charge < -0.3 is 9.64 Å². The number of hydrogen-bond donors (Lipinski definition) is 0. The molecule has 2 rings (SSSR count). The van der Waals surface area contributed by atoms with Gasteiger partial charge in [0, 0.05) is 25.6 Å². The number of ether oxygens (including phenoxy) is 1. The summed E-state index contributed by atoms with van der Waals surface area (Å²) in [5.41, 5.74) is 0. The van der Waals surface area contributed by atoms with Crippen molar-refractivity contribution in [3.8, 4) is 0 Å². The number of likely N-dealkylation sites (tertiary alicyclic amines) is 1. The molecule has 19 heavy (non-hydrogen) atoms. The van der Waals surface area contributed by atoms with E-state index in [2.05, 4.69) is 0 Å². The second-order valence-corrected chi connectivity index (χ2v) is 8.53. The molecule has 0 bridgehead atoms. The van der Waals surface area contributed by atoms with Gasteiger partial charge in [-0.1, -0.05) is 0 Å². The molecule has 1 atom stereocenters. The van der Waals surface area contributed by atoms with Crippen molar-refractivity contribution in [2.75, 3.05) is 44.1 Å². The smallest absolute Gasteiger partial charge is 0.232 e. The van der Waals surface area contributed by atoms with Crippen molar-refractivity contribution in [2.45, 2.75) is 18.1 Å². The summed E-state index contributed by atoms with van der Waals surface area (Å²) in [6.45, 7) is 3.70. The van der Waals surface area contributed by atoms with Crippen molar-refractivity contribution in [2.24, 2.45) is 5.92 Å². The Morgan fingerprint density at radius 3 is 2.74 bits per heavy atom. The lowest BCUT2D eigenvalue weighted by atomic mass is 9.83. The van der Waals surface area contributed by atoms with Crippen LogP contribution in [0, 0.1) is 5.92 Å². The Hall–Kier alpha value is -0.270. The summed E-state index contributed by atoms with van der Waals surface area (Å²) in [4.78, 5) is 13.4. The fourth-order valence-electron chi connectivity index (χ4n) is 2.96. The zero-order chi connectivity index (χ0) is 14.1. The topological polar surface area (TPSA) is 63.7 Å². The molecule has 0 N–H and O–H groups in total. The average Bonchev–Trinajstić information content (AvgIpc) is 2.56. The van der Waals surface area contributed by atoms with Crippen LogP contribution in [-0.2, 0) is 19.4 Å². The van der Waals surface area contributed by atoms with E-state index >= 15 is 0 Å². The third-order valence-corrected chi connectivity index (χ3v) is 7.30. The van der Waals surface area contributed by atoms with E-state index in [1.807, 2.05) is 13.2 Å². The molecule has 0 radical (unpaired) electrons. The van der Waals surface area contributed by atoms with Crippen molar-refractivity contribution in [3.05, 3.63) is 0 Å². The van der Waals surface area contributed by atoms with Crippen molar-refractivity contribution in [1.82, 2.24) is 4.90 Å². The number of hydrogen-bond acceptors (Lipinski definition) is 5. The lowest BCUT2D eigenvalue weighted by molar-refractivity contribution is -0.134. The monoisotopic (exact) mass is 307 g/mol. The molecule has 2 aliphatic rings. The minimum atomic E-state index is -3.09. The molecule has 0 saturated carbocycles. The number of carbonyl (C=O) groups is 1. The van der Waals surface area contributed by atoms with Crippen molar-refractivity contribution < 1.29 is 17.9 Å². The molecule has 2 aliphatic heterocycles. The summed E-state index contributed by atoms with van der Waals surface area (Å²) >= 11 is 1.47. The molecule has 0 aliphatic carbocycles. The fourth-order valence-corrected chi connectivity index (χ4v) is 5.79. The van der Waals surface area contributed by atoms with Crippen LogP contribution in [0.4, 0.5) is 0 Å². The van der Waals surface area contributed by atoms with Crippen LogP contribution in [0.3, 0.4) is 0 Å². The third-order valence-electron chi connectivity index (χ3n) is 4.16. The summed E-state index contributed by atoms with van der Waals surface area (Å²) in [7, 11) is -3.09. The van der Waals surface area contributed by atoms with Gasteiger partial charge in [-0.15, -0.1) is 0 Å². The molecular weight excluding hydrogens is 286 g/mol. The van der Waals surface area contributed by atoms with E-state index in [4.69, 9.17) is 4.74 Å². The van der Waals surface area contributed by atoms with Gasteiger partial charge in [0.05, 0.1) is 18.1 Å². The number of amides is 1. The van der Waals surface area contributed by atoms with E-state index in [1.54, 1.807) is 4.90 Å². The molecule has 2 saturated heterocycles. The molecule has 0 unspecified atom stereocenters. The average molecular weight is 307 g/mol. The van der Waals surface area contributed by atoms with Gasteiger partial charge in [-0.2, -0.15) is 11.8 Å². The molecule has 2 heterocycles. The lowest BCUT2D eigenvalue weighted by Crippen LogP contribution is -2.69. The summed E-state index contributed by atoms with van der Waals surface area (Å²) < 4.78 is 29.2. The highest BCUT2D eigenvalue weighted by Gasteiger charge is 2.62. The van der Waals surface area contributed by atoms with Crippen molar-refractivity contribution in [3.63, 3.8) is 0 Å². The Kier molecular flexibility index (Phi) is 4.47. The van der Waals surface area contributed by atoms with E-state index in [9.17, 15) is 13.2 Å². The minimum Gasteiger partial charge on any atom is -0.381 e. The highest BCUT2D eigenvalue weighted by atomic mass is 32.2. The zero-order valence-corrected chi connectivity index (χ0v) is 13.1. The first-order chi connectivity index (χ1) is 8.97. The normalized spacial score (nSPS) is 27.5. The lowest BCUT2D eigenvalue weighted by Gasteiger charge is -2.49. The highest BCUT2D eigenvalue weighted by Crippen LogP contribution is 2.44. The summed E-state index contributed by atoms with van der Waals surface area (Å²) in [6.07, 6.45) is 2.53. The molecule has 7 heteroatoms. The number of rotatable bonds is 5. The van der Waals surface area contributed by atoms with Crippen LogP contribution in [0.5, 0.6) is 0 Å². The van der Waals surface area contributed by atoms with Crippen LogP contribution in [0.25, 0.3) is 0 Å². The summed E-state index contributed by atoms with van der Waals surface area (Å²) in [5, 5.41) is 0. The number of nitrogens with zero attached hydrogens (tertiary/aromatic N) is 1. The maximum atomic E-state index is 12.3. The maximum Gasteiger partial charge on any atom is 0.232 e. The second kappa shape index (κ2) is 5.61. The van der Waals surface area contributed by atoms with Gasteiger partial charge in [0.15, 0.2) is 9.84 Å². The van der Waals surface area contributed by atoms with Gasteiger partial charge >= 0.3 is 0 Å². The molecule has 0 aromatic carbocycles. The van der Waals surface area contributed by atoms with E-state index in [-0.39, 0.29) is 17.6 Å². The van der Waals surface area contributed by atoms with Gasteiger partial charge in [-0.05, 0) is 19.6 Å². The molecule has 0 aromatic heterocycles. The van der Waals surface area contributed by atoms with E-state index < -0.39 is 14.6 Å². The van der Waals surface area contributed by atoms with Gasteiger partial charge in [-0.25, -0.2) is 8.42 Å². The van der Waals surface area contributed by atoms with Crippen LogP contribution in [0.1, 0.15) is 13.3 Å². The molecule has 1 amide bonds. The molecule has 110 valence electrons. The predicted octanol–water partition coefficient (Wildman–Crippen LogP) is 0.402. The van der Waals surface area contributed by atoms with Crippen molar-refractivity contribution in [1.29, 1.82) is 0 Å². The Morgan fingerprint density at radius 2 is 2.16 bits per heavy atom. The molecule has 2 fully saturated rings. The first-order valence-electron chi connectivity index (χ1n) is 6.53. The van der Waals surface area contributed by atoms with Crippen LogP contribution in [0.2, 0.25) is 0 Å². The van der Waals surface area contributed by atoms with E-state index in [0.717, 1.165) is 0 Å². The van der Waals surface area contributed by atoms with Gasteiger partial charge in [0.1, 0.15) is 4.75 Å². The van der Waals surface area contributed by atoms with Crippen LogP contribution < -0.4 is 0 Å². The predicted molar refractivity (Wildman–Crippen MR) is 76.1 cm³/mol. The van der Waals surface area contributed by atoms with Gasteiger partial charge in [0.25, 0.3) is 0 Å². The Morgan fingerprint density at radius 1 is 1.47 bits per heavy atom. The molecule has 1 spiro atoms. The van der Waals surface area contributed by atoms with E-state index in [0.29, 0.717) is 38.5 Å². The van der Waals surface area contributed by atoms with Crippen LogP contribution >= 0.6 is 11.8 Å². The number of thioether (sulfide) groups is 1. The summed E-state index contributed by atoms with van der Waals surface area (Å²) in [6, 6.07) is 0. The summed E-state index contributed by atoms with van der Waals surface area (Å²) in [5.74, 6) is 0.729. The first-order valence-corrected chi connectivity index (χ1v) is 9.58. The van der Waals surface area contributed by atoms with E-state index in [1.165, 1.54) is 11.8 Å². The second-order valence-electron chi connectivity index (χ2n) is 5.21. The van der Waals surface area contributed by atoms with Crippen molar-refractivity contribution >= 4 is 27.5 Å². The van der Waals surface area contributed by atoms with Gasteiger partial charge in [-0.3, -0.25) is 4.79 Å². The Balaban J connectivity index is 2.06. The molecular formula is C12H21NO4S2. The van der Waals surface area contributed by atoms with Gasteiger partial charge in [0.2, 0.25) is 5.91 Å². The molecule has 5 nitrogen and oxygen atoms in total. The standard InChI is InChI=1S/C12H21NO4S2/c1-3-17-6-10-4-5-19(15,16)12(10)8-13(9-12)11(14)7-18-2/h10H,3-9H2,1-2H3/t10-/m1/s1. The quantitative estimate of drug-likeness (QED) is 0.736. The largest absolute Gasteiger partial charge is 0.381 e.